The third-order valence-electron chi connectivity index (χ3n) is 8.17. The van der Waals surface area contributed by atoms with E-state index < -0.39 is 0 Å². The van der Waals surface area contributed by atoms with E-state index in [4.69, 9.17) is 9.47 Å². The number of likely N-dealkylation sites (tertiary alicyclic amines) is 1. The first kappa shape index (κ1) is 26.9. The molecule has 0 amide bonds. The van der Waals surface area contributed by atoms with Gasteiger partial charge in [0.1, 0.15) is 11.9 Å². The fraction of sp³-hybridized carbons (Fsp3) is 0.471. The number of ether oxygens (including phenoxy) is 2. The third kappa shape index (κ3) is 7.92. The smallest absolute Gasteiger partial charge is 0.122 e. The number of unbranched alkanes of at least 4 members (excludes halogenated alkanes) is 2. The van der Waals surface area contributed by atoms with Crippen molar-refractivity contribution >= 4 is 0 Å². The number of benzene rings is 3. The lowest BCUT2D eigenvalue weighted by molar-refractivity contribution is 0.0371. The molecule has 0 saturated carbocycles. The summed E-state index contributed by atoms with van der Waals surface area (Å²) >= 11 is 0. The van der Waals surface area contributed by atoms with Crippen LogP contribution in [0.4, 0.5) is 0 Å². The molecule has 0 aliphatic carbocycles. The Morgan fingerprint density at radius 2 is 1.32 bits per heavy atom. The molecule has 202 valence electrons. The molecule has 0 bridgehead atoms. The van der Waals surface area contributed by atoms with Crippen molar-refractivity contribution in [2.75, 3.05) is 52.5 Å². The summed E-state index contributed by atoms with van der Waals surface area (Å²) < 4.78 is 12.1. The summed E-state index contributed by atoms with van der Waals surface area (Å²) in [6.45, 7) is 8.41. The van der Waals surface area contributed by atoms with Gasteiger partial charge in [0.25, 0.3) is 0 Å². The van der Waals surface area contributed by atoms with Crippen LogP contribution in [-0.2, 0) is 11.2 Å². The van der Waals surface area contributed by atoms with Gasteiger partial charge in [0.05, 0.1) is 13.2 Å². The minimum absolute atomic E-state index is 0.306. The summed E-state index contributed by atoms with van der Waals surface area (Å²) in [6, 6.07) is 30.7. The van der Waals surface area contributed by atoms with Crippen molar-refractivity contribution in [2.24, 2.45) is 0 Å². The number of piperidine rings is 1. The Labute approximate surface area is 229 Å². The molecule has 0 aromatic heterocycles. The Morgan fingerprint density at radius 3 is 2.00 bits per heavy atom. The highest BCUT2D eigenvalue weighted by molar-refractivity contribution is 5.34. The molecule has 4 nitrogen and oxygen atoms in total. The maximum Gasteiger partial charge on any atom is 0.122 e. The van der Waals surface area contributed by atoms with E-state index in [9.17, 15) is 0 Å². The Bertz CT molecular complexity index is 1020. The molecule has 0 N–H and O–H groups in total. The van der Waals surface area contributed by atoms with Crippen LogP contribution in [0.25, 0.3) is 0 Å². The highest BCUT2D eigenvalue weighted by Crippen LogP contribution is 2.29. The van der Waals surface area contributed by atoms with Crippen LogP contribution in [0.5, 0.6) is 5.75 Å². The maximum absolute atomic E-state index is 6.61. The number of para-hydroxylation sites is 1. The van der Waals surface area contributed by atoms with E-state index in [2.05, 4.69) is 94.7 Å². The highest BCUT2D eigenvalue weighted by atomic mass is 16.5. The number of rotatable bonds is 12. The largest absolute Gasteiger partial charge is 0.490 e. The van der Waals surface area contributed by atoms with Crippen molar-refractivity contribution in [1.82, 2.24) is 9.80 Å². The van der Waals surface area contributed by atoms with Gasteiger partial charge in [-0.05, 0) is 61.4 Å². The molecule has 5 rings (SSSR count). The maximum atomic E-state index is 6.61. The van der Waals surface area contributed by atoms with Crippen molar-refractivity contribution in [2.45, 2.75) is 50.5 Å². The molecule has 2 aliphatic rings. The Balaban J connectivity index is 1.09. The SMILES string of the molecule is c1ccc(C(CN2CCC(Oc3ccccc3CCCCCN3CCOCC3)CC2)c2ccccc2)cc1. The minimum Gasteiger partial charge on any atom is -0.490 e. The number of aryl methyl sites for hydroxylation is 1. The summed E-state index contributed by atoms with van der Waals surface area (Å²) in [6.07, 6.45) is 7.36. The van der Waals surface area contributed by atoms with Crippen LogP contribution in [0.15, 0.2) is 84.9 Å². The van der Waals surface area contributed by atoms with Gasteiger partial charge >= 0.3 is 0 Å². The zero-order chi connectivity index (χ0) is 25.8. The molecule has 0 radical (unpaired) electrons. The lowest BCUT2D eigenvalue weighted by atomic mass is 9.90. The summed E-state index contributed by atoms with van der Waals surface area (Å²) in [5.74, 6) is 1.50. The summed E-state index contributed by atoms with van der Waals surface area (Å²) in [7, 11) is 0. The van der Waals surface area contributed by atoms with E-state index in [-0.39, 0.29) is 0 Å². The molecule has 0 unspecified atom stereocenters. The van der Waals surface area contributed by atoms with Crippen molar-refractivity contribution in [3.8, 4) is 5.75 Å². The van der Waals surface area contributed by atoms with Gasteiger partial charge in [0.15, 0.2) is 0 Å². The van der Waals surface area contributed by atoms with Gasteiger partial charge in [-0.25, -0.2) is 0 Å². The van der Waals surface area contributed by atoms with Crippen molar-refractivity contribution in [3.63, 3.8) is 0 Å². The number of morpholine rings is 1. The third-order valence-corrected chi connectivity index (χ3v) is 8.17. The van der Waals surface area contributed by atoms with Crippen LogP contribution < -0.4 is 4.74 Å². The van der Waals surface area contributed by atoms with Gasteiger partial charge in [-0.1, -0.05) is 85.3 Å². The average molecular weight is 513 g/mol. The topological polar surface area (TPSA) is 24.9 Å². The van der Waals surface area contributed by atoms with E-state index in [1.807, 2.05) is 0 Å². The normalized spacial score (nSPS) is 17.6. The Kier molecular flexibility index (Phi) is 10.3. The summed E-state index contributed by atoms with van der Waals surface area (Å²) in [5, 5.41) is 0. The van der Waals surface area contributed by atoms with E-state index in [1.54, 1.807) is 0 Å². The van der Waals surface area contributed by atoms with Gasteiger partial charge < -0.3 is 14.4 Å². The van der Waals surface area contributed by atoms with Crippen LogP contribution in [0.2, 0.25) is 0 Å². The molecule has 3 aromatic carbocycles. The van der Waals surface area contributed by atoms with Crippen molar-refractivity contribution in [1.29, 1.82) is 0 Å². The van der Waals surface area contributed by atoms with Crippen LogP contribution in [0.3, 0.4) is 0 Å². The lowest BCUT2D eigenvalue weighted by Gasteiger charge is -2.35. The second-order valence-electron chi connectivity index (χ2n) is 10.9. The van der Waals surface area contributed by atoms with E-state index >= 15 is 0 Å². The van der Waals surface area contributed by atoms with E-state index in [0.717, 1.165) is 70.9 Å². The second-order valence-corrected chi connectivity index (χ2v) is 10.9. The first-order valence-electron chi connectivity index (χ1n) is 14.7. The predicted molar refractivity (Wildman–Crippen MR) is 156 cm³/mol. The standard InChI is InChI=1S/C34H44N2O2/c1-4-12-29(13-5-1)33(30-14-6-2-7-15-30)28-36-22-19-32(20-23-36)38-34-18-10-9-17-31(34)16-8-3-11-21-35-24-26-37-27-25-35/h1-2,4-7,9-10,12-15,17-18,32-33H,3,8,11,16,19-28H2. The molecule has 2 saturated heterocycles. The Morgan fingerprint density at radius 1 is 0.684 bits per heavy atom. The molecular weight excluding hydrogens is 468 g/mol. The van der Waals surface area contributed by atoms with Crippen molar-refractivity contribution < 1.29 is 9.47 Å². The first-order valence-corrected chi connectivity index (χ1v) is 14.7. The molecule has 2 heterocycles. The molecule has 2 aliphatic heterocycles. The van der Waals surface area contributed by atoms with Crippen molar-refractivity contribution in [3.05, 3.63) is 102 Å². The molecular formula is C34H44N2O2. The monoisotopic (exact) mass is 512 g/mol. The highest BCUT2D eigenvalue weighted by Gasteiger charge is 2.25. The van der Waals surface area contributed by atoms with Crippen LogP contribution in [0, 0.1) is 0 Å². The zero-order valence-corrected chi connectivity index (χ0v) is 22.8. The summed E-state index contributed by atoms with van der Waals surface area (Å²) in [5.41, 5.74) is 4.17. The van der Waals surface area contributed by atoms with Gasteiger partial charge in [0.2, 0.25) is 0 Å². The van der Waals surface area contributed by atoms with Gasteiger partial charge in [-0.15, -0.1) is 0 Å². The fourth-order valence-electron chi connectivity index (χ4n) is 5.90. The van der Waals surface area contributed by atoms with Gasteiger partial charge in [-0.2, -0.15) is 0 Å². The average Bonchev–Trinajstić information content (AvgIpc) is 2.99. The zero-order valence-electron chi connectivity index (χ0n) is 22.8. The molecule has 2 fully saturated rings. The van der Waals surface area contributed by atoms with Crippen LogP contribution in [-0.4, -0.2) is 68.4 Å². The molecule has 4 heteroatoms. The summed E-state index contributed by atoms with van der Waals surface area (Å²) in [4.78, 5) is 5.17. The van der Waals surface area contributed by atoms with E-state index in [0.29, 0.717) is 12.0 Å². The molecule has 38 heavy (non-hydrogen) atoms. The number of hydrogen-bond donors (Lipinski definition) is 0. The van der Waals surface area contributed by atoms with Crippen LogP contribution in [0.1, 0.15) is 54.7 Å². The first-order chi connectivity index (χ1) is 18.8. The quantitative estimate of drug-likeness (QED) is 0.262. The van der Waals surface area contributed by atoms with E-state index in [1.165, 1.54) is 42.5 Å². The fourth-order valence-corrected chi connectivity index (χ4v) is 5.90. The molecule has 3 aromatic rings. The lowest BCUT2D eigenvalue weighted by Crippen LogP contribution is -2.40. The van der Waals surface area contributed by atoms with Crippen LogP contribution >= 0.6 is 0 Å². The van der Waals surface area contributed by atoms with Gasteiger partial charge in [-0.3, -0.25) is 4.90 Å². The predicted octanol–water partition coefficient (Wildman–Crippen LogP) is 6.41. The van der Waals surface area contributed by atoms with Gasteiger partial charge in [0, 0.05) is 38.6 Å². The Hall–Kier alpha value is -2.66. The minimum atomic E-state index is 0.306. The molecule has 0 spiro atoms. The number of hydrogen-bond acceptors (Lipinski definition) is 4. The molecule has 0 atom stereocenters. The second kappa shape index (κ2) is 14.5. The number of nitrogens with zero attached hydrogens (tertiary/aromatic N) is 2.